The van der Waals surface area contributed by atoms with E-state index in [-0.39, 0.29) is 0 Å². The van der Waals surface area contributed by atoms with Gasteiger partial charge in [-0.1, -0.05) is 17.7 Å². The van der Waals surface area contributed by atoms with Crippen molar-refractivity contribution in [3.8, 4) is 0 Å². The molecule has 1 saturated heterocycles. The summed E-state index contributed by atoms with van der Waals surface area (Å²) in [5.74, 6) is 0.961. The number of hydrogen-bond acceptors (Lipinski definition) is 5. The summed E-state index contributed by atoms with van der Waals surface area (Å²) in [6.45, 7) is 7.89. The molecule has 4 nitrogen and oxygen atoms in total. The lowest BCUT2D eigenvalue weighted by atomic mass is 10.2. The smallest absolute Gasteiger partial charge is 0.225 e. The predicted molar refractivity (Wildman–Crippen MR) is 108 cm³/mol. The zero-order valence-corrected chi connectivity index (χ0v) is 16.4. The van der Waals surface area contributed by atoms with Crippen LogP contribution in [0, 0.1) is 13.8 Å². The SMILES string of the molecule is Cc1sc2nc(Cl)nc(N3CCN(c4cccc(Cl)c4)CC3)c2c1C. The van der Waals surface area contributed by atoms with Gasteiger partial charge in [0.05, 0.1) is 5.39 Å². The number of hydrogen-bond donors (Lipinski definition) is 0. The third-order valence-corrected chi connectivity index (χ3v) is 6.24. The van der Waals surface area contributed by atoms with E-state index in [2.05, 4.69) is 39.7 Å². The van der Waals surface area contributed by atoms with Crippen LogP contribution in [0.2, 0.25) is 10.3 Å². The van der Waals surface area contributed by atoms with E-state index in [0.29, 0.717) is 5.28 Å². The van der Waals surface area contributed by atoms with Gasteiger partial charge in [0.25, 0.3) is 0 Å². The van der Waals surface area contributed by atoms with Crippen LogP contribution in [-0.2, 0) is 0 Å². The van der Waals surface area contributed by atoms with Crippen molar-refractivity contribution in [2.75, 3.05) is 36.0 Å². The number of nitrogens with zero attached hydrogens (tertiary/aromatic N) is 4. The van der Waals surface area contributed by atoms with Crippen molar-refractivity contribution in [3.05, 3.63) is 45.0 Å². The van der Waals surface area contributed by atoms with Gasteiger partial charge in [-0.2, -0.15) is 4.98 Å². The third-order valence-electron chi connectivity index (χ3n) is 4.73. The second-order valence-electron chi connectivity index (χ2n) is 6.23. The quantitative estimate of drug-likeness (QED) is 0.578. The first kappa shape index (κ1) is 16.9. The van der Waals surface area contributed by atoms with Crippen LogP contribution in [0.4, 0.5) is 11.5 Å². The molecule has 130 valence electrons. The normalized spacial score (nSPS) is 15.2. The van der Waals surface area contributed by atoms with Gasteiger partial charge < -0.3 is 9.80 Å². The second kappa shape index (κ2) is 6.63. The van der Waals surface area contributed by atoms with Crippen molar-refractivity contribution in [3.63, 3.8) is 0 Å². The van der Waals surface area contributed by atoms with Crippen molar-refractivity contribution in [2.45, 2.75) is 13.8 Å². The van der Waals surface area contributed by atoms with Crippen molar-refractivity contribution in [1.82, 2.24) is 9.97 Å². The fourth-order valence-electron chi connectivity index (χ4n) is 3.28. The van der Waals surface area contributed by atoms with Gasteiger partial charge in [0.1, 0.15) is 10.6 Å². The summed E-state index contributed by atoms with van der Waals surface area (Å²) in [5.41, 5.74) is 2.42. The van der Waals surface area contributed by atoms with Gasteiger partial charge >= 0.3 is 0 Å². The van der Waals surface area contributed by atoms with Crippen LogP contribution in [0.15, 0.2) is 24.3 Å². The van der Waals surface area contributed by atoms with Crippen LogP contribution in [0.5, 0.6) is 0 Å². The van der Waals surface area contributed by atoms with Crippen molar-refractivity contribution in [1.29, 1.82) is 0 Å². The van der Waals surface area contributed by atoms with Gasteiger partial charge in [-0.05, 0) is 49.2 Å². The molecule has 0 atom stereocenters. The first-order chi connectivity index (χ1) is 12.0. The maximum absolute atomic E-state index is 6.18. The largest absolute Gasteiger partial charge is 0.368 e. The van der Waals surface area contributed by atoms with Crippen LogP contribution < -0.4 is 9.80 Å². The van der Waals surface area contributed by atoms with Crippen LogP contribution in [0.3, 0.4) is 0 Å². The van der Waals surface area contributed by atoms with E-state index < -0.39 is 0 Å². The Morgan fingerprint density at radius 1 is 1.00 bits per heavy atom. The van der Waals surface area contributed by atoms with E-state index in [0.717, 1.165) is 47.2 Å². The maximum atomic E-state index is 6.18. The first-order valence-corrected chi connectivity index (χ1v) is 9.79. The number of rotatable bonds is 2. The number of thiophene rings is 1. The molecule has 0 saturated carbocycles. The zero-order chi connectivity index (χ0) is 17.6. The molecule has 0 unspecified atom stereocenters. The predicted octanol–water partition coefficient (Wildman–Crippen LogP) is 4.94. The average Bonchev–Trinajstić information content (AvgIpc) is 2.88. The monoisotopic (exact) mass is 392 g/mol. The molecular formula is C18H18Cl2N4S. The number of benzene rings is 1. The Labute approximate surface area is 161 Å². The number of aryl methyl sites for hydroxylation is 2. The molecule has 2 aromatic heterocycles. The molecule has 1 aromatic carbocycles. The van der Waals surface area contributed by atoms with Gasteiger partial charge in [-0.25, -0.2) is 4.98 Å². The van der Waals surface area contributed by atoms with E-state index in [1.165, 1.54) is 16.1 Å². The van der Waals surface area contributed by atoms with Gasteiger partial charge in [-0.3, -0.25) is 0 Å². The molecule has 3 aromatic rings. The van der Waals surface area contributed by atoms with E-state index in [9.17, 15) is 0 Å². The van der Waals surface area contributed by atoms with Crippen LogP contribution in [0.25, 0.3) is 10.2 Å². The Morgan fingerprint density at radius 2 is 1.72 bits per heavy atom. The van der Waals surface area contributed by atoms with Crippen molar-refractivity contribution in [2.24, 2.45) is 0 Å². The molecule has 1 aliphatic rings. The number of fused-ring (bicyclic) bond motifs is 1. The fourth-order valence-corrected chi connectivity index (χ4v) is 4.70. The molecule has 7 heteroatoms. The number of halogens is 2. The van der Waals surface area contributed by atoms with Crippen molar-refractivity contribution >= 4 is 56.3 Å². The Balaban J connectivity index is 1.62. The minimum atomic E-state index is 0.320. The highest BCUT2D eigenvalue weighted by atomic mass is 35.5. The molecule has 1 aliphatic heterocycles. The van der Waals surface area contributed by atoms with Crippen molar-refractivity contribution < 1.29 is 0 Å². The Kier molecular flexibility index (Phi) is 4.48. The summed E-state index contributed by atoms with van der Waals surface area (Å²) >= 11 is 14.0. The van der Waals surface area contributed by atoms with Gasteiger partial charge in [0, 0.05) is 41.8 Å². The van der Waals surface area contributed by atoms with E-state index in [1.807, 2.05) is 18.2 Å². The molecule has 1 fully saturated rings. The Hall–Kier alpha value is -1.56. The minimum Gasteiger partial charge on any atom is -0.368 e. The summed E-state index contributed by atoms with van der Waals surface area (Å²) < 4.78 is 0. The van der Waals surface area contributed by atoms with Crippen LogP contribution >= 0.6 is 34.5 Å². The lowest BCUT2D eigenvalue weighted by Crippen LogP contribution is -2.47. The molecule has 0 aliphatic carbocycles. The maximum Gasteiger partial charge on any atom is 0.225 e. The van der Waals surface area contributed by atoms with E-state index in [4.69, 9.17) is 23.2 Å². The third kappa shape index (κ3) is 3.16. The Bertz CT molecular complexity index is 932. The number of piperazine rings is 1. The Morgan fingerprint density at radius 3 is 2.44 bits per heavy atom. The molecule has 0 radical (unpaired) electrons. The minimum absolute atomic E-state index is 0.320. The molecule has 25 heavy (non-hydrogen) atoms. The first-order valence-electron chi connectivity index (χ1n) is 8.21. The van der Waals surface area contributed by atoms with Crippen LogP contribution in [0.1, 0.15) is 10.4 Å². The topological polar surface area (TPSA) is 32.3 Å². The van der Waals surface area contributed by atoms with Crippen LogP contribution in [-0.4, -0.2) is 36.1 Å². The summed E-state index contributed by atoms with van der Waals surface area (Å²) in [4.78, 5) is 15.9. The zero-order valence-electron chi connectivity index (χ0n) is 14.1. The lowest BCUT2D eigenvalue weighted by molar-refractivity contribution is 0.649. The summed E-state index contributed by atoms with van der Waals surface area (Å²) in [5, 5.41) is 2.23. The molecular weight excluding hydrogens is 375 g/mol. The molecule has 0 amide bonds. The fraction of sp³-hybridized carbons (Fsp3) is 0.333. The summed E-state index contributed by atoms with van der Waals surface area (Å²) in [6.07, 6.45) is 0. The average molecular weight is 393 g/mol. The lowest BCUT2D eigenvalue weighted by Gasteiger charge is -2.37. The van der Waals surface area contributed by atoms with E-state index >= 15 is 0 Å². The van der Waals surface area contributed by atoms with Gasteiger partial charge in [-0.15, -0.1) is 11.3 Å². The van der Waals surface area contributed by atoms with Gasteiger partial charge in [0.15, 0.2) is 0 Å². The highest BCUT2D eigenvalue weighted by Gasteiger charge is 2.23. The van der Waals surface area contributed by atoms with E-state index in [1.54, 1.807) is 11.3 Å². The molecule has 0 bridgehead atoms. The standard InChI is InChI=1S/C18H18Cl2N4S/c1-11-12(2)25-17-15(11)16(21-18(20)22-17)24-8-6-23(7-9-24)14-5-3-4-13(19)10-14/h3-5,10H,6-9H2,1-2H3. The van der Waals surface area contributed by atoms with Gasteiger partial charge in [0.2, 0.25) is 5.28 Å². The molecule has 0 N–H and O–H groups in total. The molecule has 0 spiro atoms. The highest BCUT2D eigenvalue weighted by molar-refractivity contribution is 7.18. The molecule has 4 rings (SSSR count). The number of anilines is 2. The summed E-state index contributed by atoms with van der Waals surface area (Å²) in [6, 6.07) is 8.02. The molecule has 3 heterocycles. The second-order valence-corrected chi connectivity index (χ2v) is 8.21. The summed E-state index contributed by atoms with van der Waals surface area (Å²) in [7, 11) is 0. The highest BCUT2D eigenvalue weighted by Crippen LogP contribution is 2.36. The number of aromatic nitrogens is 2.